The van der Waals surface area contributed by atoms with E-state index in [1.54, 1.807) is 35.0 Å². The maximum atomic E-state index is 13.8. The highest BCUT2D eigenvalue weighted by molar-refractivity contribution is 6.16. The van der Waals surface area contributed by atoms with E-state index in [-0.39, 0.29) is 23.9 Å². The predicted octanol–water partition coefficient (Wildman–Crippen LogP) is 4.65. The van der Waals surface area contributed by atoms with Gasteiger partial charge in [0.2, 0.25) is 5.91 Å². The van der Waals surface area contributed by atoms with Gasteiger partial charge in [0.1, 0.15) is 12.4 Å². The number of aromatic nitrogens is 1. The molecule has 3 aromatic carbocycles. The molecule has 4 rings (SSSR count). The third-order valence-electron chi connectivity index (χ3n) is 4.53. The van der Waals surface area contributed by atoms with Crippen LogP contribution in [0.2, 0.25) is 0 Å². The third kappa shape index (κ3) is 3.42. The van der Waals surface area contributed by atoms with Crippen molar-refractivity contribution in [1.82, 2.24) is 4.57 Å². The molecular formula is C23H17FN2O2. The van der Waals surface area contributed by atoms with Crippen molar-refractivity contribution in [2.45, 2.75) is 6.54 Å². The lowest BCUT2D eigenvalue weighted by molar-refractivity contribution is -0.116. The second-order valence-corrected chi connectivity index (χ2v) is 6.41. The van der Waals surface area contributed by atoms with Gasteiger partial charge in [-0.3, -0.25) is 9.59 Å². The first-order valence-corrected chi connectivity index (χ1v) is 8.85. The Kier molecular flexibility index (Phi) is 4.72. The molecule has 1 amide bonds. The number of halogens is 1. The van der Waals surface area contributed by atoms with Crippen LogP contribution in [0.4, 0.5) is 10.1 Å². The SMILES string of the molecule is O=C(Cn1cc(C(=O)c2ccccc2)c2ccccc21)Nc1ccccc1F. The minimum absolute atomic E-state index is 0.0308. The highest BCUT2D eigenvalue weighted by Gasteiger charge is 2.17. The van der Waals surface area contributed by atoms with Gasteiger partial charge in [0.15, 0.2) is 5.78 Å². The molecule has 138 valence electrons. The molecule has 28 heavy (non-hydrogen) atoms. The molecule has 1 N–H and O–H groups in total. The molecule has 0 saturated heterocycles. The Labute approximate surface area is 161 Å². The van der Waals surface area contributed by atoms with E-state index >= 15 is 0 Å². The first kappa shape index (κ1) is 17.7. The zero-order valence-electron chi connectivity index (χ0n) is 14.9. The van der Waals surface area contributed by atoms with Gasteiger partial charge in [-0.2, -0.15) is 0 Å². The van der Waals surface area contributed by atoms with E-state index in [0.717, 1.165) is 10.9 Å². The van der Waals surface area contributed by atoms with Crippen molar-refractivity contribution in [1.29, 1.82) is 0 Å². The summed E-state index contributed by atoms with van der Waals surface area (Å²) in [7, 11) is 0. The molecule has 0 aliphatic rings. The summed E-state index contributed by atoms with van der Waals surface area (Å²) in [4.78, 5) is 25.4. The molecule has 0 atom stereocenters. The zero-order chi connectivity index (χ0) is 19.5. The summed E-state index contributed by atoms with van der Waals surface area (Å²) >= 11 is 0. The molecule has 0 fully saturated rings. The van der Waals surface area contributed by atoms with Crippen LogP contribution in [0.25, 0.3) is 10.9 Å². The molecule has 1 aromatic heterocycles. The van der Waals surface area contributed by atoms with Gasteiger partial charge in [0, 0.05) is 28.2 Å². The van der Waals surface area contributed by atoms with Crippen LogP contribution in [0.5, 0.6) is 0 Å². The average molecular weight is 372 g/mol. The molecule has 0 aliphatic heterocycles. The van der Waals surface area contributed by atoms with Gasteiger partial charge in [-0.1, -0.05) is 60.7 Å². The van der Waals surface area contributed by atoms with E-state index in [9.17, 15) is 14.0 Å². The second-order valence-electron chi connectivity index (χ2n) is 6.41. The van der Waals surface area contributed by atoms with Gasteiger partial charge < -0.3 is 9.88 Å². The Bertz CT molecular complexity index is 1170. The molecule has 0 saturated carbocycles. The number of hydrogen-bond donors (Lipinski definition) is 1. The van der Waals surface area contributed by atoms with Gasteiger partial charge in [0.25, 0.3) is 0 Å². The van der Waals surface area contributed by atoms with E-state index in [1.807, 2.05) is 42.5 Å². The monoisotopic (exact) mass is 372 g/mol. The minimum atomic E-state index is -0.492. The second kappa shape index (κ2) is 7.48. The van der Waals surface area contributed by atoms with Crippen LogP contribution in [0.15, 0.2) is 85.1 Å². The van der Waals surface area contributed by atoms with Crippen LogP contribution in [-0.4, -0.2) is 16.3 Å². The van der Waals surface area contributed by atoms with Crippen molar-refractivity contribution >= 4 is 28.3 Å². The summed E-state index contributed by atoms with van der Waals surface area (Å²) in [6.07, 6.45) is 1.68. The normalized spacial score (nSPS) is 10.8. The number of fused-ring (bicyclic) bond motifs is 1. The lowest BCUT2D eigenvalue weighted by Crippen LogP contribution is -2.19. The molecule has 0 unspecified atom stereocenters. The number of benzene rings is 3. The molecule has 0 spiro atoms. The number of rotatable bonds is 5. The summed E-state index contributed by atoms with van der Waals surface area (Å²) in [5.74, 6) is -0.970. The summed E-state index contributed by atoms with van der Waals surface area (Å²) in [6.45, 7) is -0.0308. The van der Waals surface area contributed by atoms with Crippen molar-refractivity contribution in [3.05, 3.63) is 102 Å². The molecule has 0 radical (unpaired) electrons. The number of nitrogens with one attached hydrogen (secondary N) is 1. The lowest BCUT2D eigenvalue weighted by atomic mass is 10.0. The van der Waals surface area contributed by atoms with Crippen LogP contribution in [0.3, 0.4) is 0 Å². The number of carbonyl (C=O) groups is 2. The number of carbonyl (C=O) groups excluding carboxylic acids is 2. The largest absolute Gasteiger partial charge is 0.337 e. The number of ketones is 1. The number of amides is 1. The van der Waals surface area contributed by atoms with E-state index < -0.39 is 5.82 Å². The molecule has 5 heteroatoms. The van der Waals surface area contributed by atoms with Gasteiger partial charge in [-0.15, -0.1) is 0 Å². The molecular weight excluding hydrogens is 355 g/mol. The van der Waals surface area contributed by atoms with Crippen molar-refractivity contribution in [3.8, 4) is 0 Å². The van der Waals surface area contributed by atoms with E-state index in [2.05, 4.69) is 5.32 Å². The quantitative estimate of drug-likeness (QED) is 0.519. The van der Waals surface area contributed by atoms with Gasteiger partial charge in [-0.25, -0.2) is 4.39 Å². The number of hydrogen-bond acceptors (Lipinski definition) is 2. The Morgan fingerprint density at radius 1 is 0.857 bits per heavy atom. The topological polar surface area (TPSA) is 51.1 Å². The van der Waals surface area contributed by atoms with E-state index in [4.69, 9.17) is 0 Å². The Balaban J connectivity index is 1.66. The van der Waals surface area contributed by atoms with Crippen LogP contribution in [0, 0.1) is 5.82 Å². The van der Waals surface area contributed by atoms with Gasteiger partial charge in [-0.05, 0) is 18.2 Å². The summed E-state index contributed by atoms with van der Waals surface area (Å²) < 4.78 is 15.5. The molecule has 0 bridgehead atoms. The van der Waals surface area contributed by atoms with Crippen molar-refractivity contribution in [3.63, 3.8) is 0 Å². The first-order chi connectivity index (χ1) is 13.6. The van der Waals surface area contributed by atoms with E-state index in [1.165, 1.54) is 12.1 Å². The predicted molar refractivity (Wildman–Crippen MR) is 107 cm³/mol. The van der Waals surface area contributed by atoms with Crippen molar-refractivity contribution < 1.29 is 14.0 Å². The first-order valence-electron chi connectivity index (χ1n) is 8.85. The minimum Gasteiger partial charge on any atom is -0.337 e. The lowest BCUT2D eigenvalue weighted by Gasteiger charge is -2.08. The molecule has 4 nitrogen and oxygen atoms in total. The Morgan fingerprint density at radius 3 is 2.32 bits per heavy atom. The average Bonchev–Trinajstić information content (AvgIpc) is 3.08. The third-order valence-corrected chi connectivity index (χ3v) is 4.53. The molecule has 1 heterocycles. The van der Waals surface area contributed by atoms with Gasteiger partial charge >= 0.3 is 0 Å². The zero-order valence-corrected chi connectivity index (χ0v) is 14.9. The Morgan fingerprint density at radius 2 is 1.54 bits per heavy atom. The summed E-state index contributed by atoms with van der Waals surface area (Å²) in [5.41, 5.74) is 2.01. The highest BCUT2D eigenvalue weighted by Crippen LogP contribution is 2.24. The van der Waals surface area contributed by atoms with Gasteiger partial charge in [0.05, 0.1) is 5.69 Å². The fraction of sp³-hybridized carbons (Fsp3) is 0.0435. The maximum Gasteiger partial charge on any atom is 0.244 e. The van der Waals surface area contributed by atoms with Crippen molar-refractivity contribution in [2.75, 3.05) is 5.32 Å². The maximum absolute atomic E-state index is 13.8. The standard InChI is InChI=1S/C23H17FN2O2/c24-19-11-5-6-12-20(19)25-22(27)15-26-14-18(17-10-4-7-13-21(17)26)23(28)16-8-2-1-3-9-16/h1-14H,15H2,(H,25,27). The fourth-order valence-corrected chi connectivity index (χ4v) is 3.21. The highest BCUT2D eigenvalue weighted by atomic mass is 19.1. The smallest absolute Gasteiger partial charge is 0.244 e. The van der Waals surface area contributed by atoms with Crippen molar-refractivity contribution in [2.24, 2.45) is 0 Å². The van der Waals surface area contributed by atoms with Crippen LogP contribution >= 0.6 is 0 Å². The van der Waals surface area contributed by atoms with Crippen LogP contribution < -0.4 is 5.32 Å². The number of anilines is 1. The van der Waals surface area contributed by atoms with Crippen LogP contribution in [0.1, 0.15) is 15.9 Å². The van der Waals surface area contributed by atoms with E-state index in [0.29, 0.717) is 11.1 Å². The summed E-state index contributed by atoms with van der Waals surface area (Å²) in [5, 5.41) is 3.35. The Hall–Kier alpha value is -3.73. The summed E-state index contributed by atoms with van der Waals surface area (Å²) in [6, 6.07) is 22.4. The molecule has 4 aromatic rings. The fourth-order valence-electron chi connectivity index (χ4n) is 3.21. The number of nitrogens with zero attached hydrogens (tertiary/aromatic N) is 1. The van der Waals surface area contributed by atoms with Crippen LogP contribution in [-0.2, 0) is 11.3 Å². The molecule has 0 aliphatic carbocycles. The number of para-hydroxylation sites is 2.